The zero-order valence-corrected chi connectivity index (χ0v) is 14.8. The first-order chi connectivity index (χ1) is 12.6. The van der Waals surface area contributed by atoms with Crippen LogP contribution in [0, 0.1) is 11.8 Å². The van der Waals surface area contributed by atoms with E-state index >= 15 is 0 Å². The number of nitrogens with one attached hydrogen (secondary N) is 1. The molecule has 1 aliphatic carbocycles. The minimum atomic E-state index is -0.838. The predicted molar refractivity (Wildman–Crippen MR) is 97.9 cm³/mol. The summed E-state index contributed by atoms with van der Waals surface area (Å²) in [5.74, 6) is 1.38. The molecule has 2 atom stereocenters. The fourth-order valence-corrected chi connectivity index (χ4v) is 4.31. The van der Waals surface area contributed by atoms with E-state index in [1.54, 1.807) is 25.6 Å². The molecular weight excluding hydrogens is 330 g/mol. The first-order valence-corrected chi connectivity index (χ1v) is 8.90. The molecule has 0 bridgehead atoms. The summed E-state index contributed by atoms with van der Waals surface area (Å²) in [5.41, 5.74) is 0.760. The van der Waals surface area contributed by atoms with Gasteiger partial charge in [-0.2, -0.15) is 0 Å². The fourth-order valence-electron chi connectivity index (χ4n) is 4.31. The van der Waals surface area contributed by atoms with Crippen LogP contribution in [0.15, 0.2) is 48.8 Å². The van der Waals surface area contributed by atoms with Gasteiger partial charge in [0.2, 0.25) is 0 Å². The van der Waals surface area contributed by atoms with Crippen molar-refractivity contribution in [3.05, 3.63) is 54.4 Å². The van der Waals surface area contributed by atoms with Gasteiger partial charge in [0.15, 0.2) is 0 Å². The van der Waals surface area contributed by atoms with Gasteiger partial charge in [-0.15, -0.1) is 0 Å². The molecule has 6 nitrogen and oxygen atoms in total. The lowest BCUT2D eigenvalue weighted by Crippen LogP contribution is -2.35. The molecule has 4 rings (SSSR count). The number of fused-ring (bicyclic) bond motifs is 1. The lowest BCUT2D eigenvalue weighted by molar-refractivity contribution is 0.0326. The van der Waals surface area contributed by atoms with Gasteiger partial charge in [-0.25, -0.2) is 4.79 Å². The molecule has 1 saturated carbocycles. The standard InChI is InChI=1S/C20H23N3O3/c1-26-18-6-2-4-16(8-18)20(25)9-14-12-23(13-15(14)10-20)19(24)22-17-5-3-7-21-11-17/h2-8,11,14-15,25H,9-10,12-13H2,1H3,(H,22,24). The summed E-state index contributed by atoms with van der Waals surface area (Å²) in [7, 11) is 1.63. The molecule has 1 aliphatic heterocycles. The molecule has 6 heteroatoms. The van der Waals surface area contributed by atoms with E-state index in [0.717, 1.165) is 11.3 Å². The molecule has 2 N–H and O–H groups in total. The Kier molecular flexibility index (Phi) is 4.28. The molecule has 2 heterocycles. The minimum absolute atomic E-state index is 0.0997. The molecule has 2 unspecified atom stereocenters. The maximum atomic E-state index is 12.5. The molecule has 26 heavy (non-hydrogen) atoms. The highest BCUT2D eigenvalue weighted by molar-refractivity contribution is 5.89. The Hall–Kier alpha value is -2.60. The number of nitrogens with zero attached hydrogens (tertiary/aromatic N) is 2. The van der Waals surface area contributed by atoms with Crippen LogP contribution in [0.4, 0.5) is 10.5 Å². The van der Waals surface area contributed by atoms with Crippen molar-refractivity contribution in [2.24, 2.45) is 11.8 Å². The van der Waals surface area contributed by atoms with E-state index in [0.29, 0.717) is 43.5 Å². The third kappa shape index (κ3) is 3.12. The van der Waals surface area contributed by atoms with Gasteiger partial charge in [0.1, 0.15) is 5.75 Å². The van der Waals surface area contributed by atoms with Crippen LogP contribution in [0.25, 0.3) is 0 Å². The molecular formula is C20H23N3O3. The number of amides is 2. The van der Waals surface area contributed by atoms with Crippen LogP contribution in [0.1, 0.15) is 18.4 Å². The summed E-state index contributed by atoms with van der Waals surface area (Å²) in [5, 5.41) is 14.1. The van der Waals surface area contributed by atoms with Crippen LogP contribution in [-0.2, 0) is 5.60 Å². The van der Waals surface area contributed by atoms with E-state index in [1.807, 2.05) is 35.2 Å². The van der Waals surface area contributed by atoms with Crippen molar-refractivity contribution in [2.75, 3.05) is 25.5 Å². The van der Waals surface area contributed by atoms with E-state index < -0.39 is 5.60 Å². The number of rotatable bonds is 3. The largest absolute Gasteiger partial charge is 0.497 e. The Morgan fingerprint density at radius 3 is 2.69 bits per heavy atom. The molecule has 2 aromatic rings. The highest BCUT2D eigenvalue weighted by Crippen LogP contribution is 2.49. The van der Waals surface area contributed by atoms with Gasteiger partial charge in [-0.3, -0.25) is 4.98 Å². The summed E-state index contributed by atoms with van der Waals surface area (Å²) >= 11 is 0. The molecule has 136 valence electrons. The molecule has 2 fully saturated rings. The number of carbonyl (C=O) groups is 1. The van der Waals surface area contributed by atoms with Crippen molar-refractivity contribution in [1.29, 1.82) is 0 Å². The van der Waals surface area contributed by atoms with E-state index in [4.69, 9.17) is 4.74 Å². The number of ether oxygens (including phenoxy) is 1. The quantitative estimate of drug-likeness (QED) is 0.890. The first kappa shape index (κ1) is 16.8. The van der Waals surface area contributed by atoms with Crippen LogP contribution < -0.4 is 10.1 Å². The topological polar surface area (TPSA) is 74.7 Å². The number of aliphatic hydroxyl groups is 1. The number of pyridine rings is 1. The Morgan fingerprint density at radius 1 is 1.27 bits per heavy atom. The van der Waals surface area contributed by atoms with Gasteiger partial charge in [0.25, 0.3) is 0 Å². The highest BCUT2D eigenvalue weighted by atomic mass is 16.5. The smallest absolute Gasteiger partial charge is 0.321 e. The number of benzene rings is 1. The maximum absolute atomic E-state index is 12.5. The predicted octanol–water partition coefficient (Wildman–Crippen LogP) is 2.85. The molecule has 0 spiro atoms. The lowest BCUT2D eigenvalue weighted by Gasteiger charge is -2.27. The first-order valence-electron chi connectivity index (χ1n) is 8.90. The Morgan fingerprint density at radius 2 is 2.04 bits per heavy atom. The average Bonchev–Trinajstić information content (AvgIpc) is 3.18. The van der Waals surface area contributed by atoms with Crippen LogP contribution in [0.3, 0.4) is 0 Å². The second-order valence-corrected chi connectivity index (χ2v) is 7.27. The number of urea groups is 1. The third-order valence-corrected chi connectivity index (χ3v) is 5.58. The number of likely N-dealkylation sites (tertiary alicyclic amines) is 1. The number of aromatic nitrogens is 1. The monoisotopic (exact) mass is 353 g/mol. The van der Waals surface area contributed by atoms with Crippen molar-refractivity contribution in [1.82, 2.24) is 9.88 Å². The summed E-state index contributed by atoms with van der Waals surface area (Å²) in [6, 6.07) is 11.2. The normalized spacial score (nSPS) is 27.2. The van der Waals surface area contributed by atoms with Gasteiger partial charge >= 0.3 is 6.03 Å². The maximum Gasteiger partial charge on any atom is 0.321 e. The summed E-state index contributed by atoms with van der Waals surface area (Å²) < 4.78 is 5.28. The Balaban J connectivity index is 1.41. The summed E-state index contributed by atoms with van der Waals surface area (Å²) in [4.78, 5) is 18.3. The number of hydrogen-bond acceptors (Lipinski definition) is 4. The van der Waals surface area contributed by atoms with E-state index in [9.17, 15) is 9.90 Å². The molecule has 2 aliphatic rings. The Labute approximate surface area is 152 Å². The fraction of sp³-hybridized carbons (Fsp3) is 0.400. The van der Waals surface area contributed by atoms with Gasteiger partial charge in [-0.1, -0.05) is 12.1 Å². The lowest BCUT2D eigenvalue weighted by atomic mass is 9.90. The highest BCUT2D eigenvalue weighted by Gasteiger charge is 2.50. The van der Waals surface area contributed by atoms with Crippen molar-refractivity contribution >= 4 is 11.7 Å². The number of anilines is 1. The Bertz CT molecular complexity index is 782. The van der Waals surface area contributed by atoms with Crippen LogP contribution >= 0.6 is 0 Å². The van der Waals surface area contributed by atoms with Crippen molar-refractivity contribution in [3.63, 3.8) is 0 Å². The summed E-state index contributed by atoms with van der Waals surface area (Å²) in [6.45, 7) is 1.34. The van der Waals surface area contributed by atoms with Crippen LogP contribution in [0.5, 0.6) is 5.75 Å². The van der Waals surface area contributed by atoms with Crippen LogP contribution in [-0.4, -0.2) is 41.2 Å². The van der Waals surface area contributed by atoms with Gasteiger partial charge in [0, 0.05) is 19.3 Å². The van der Waals surface area contributed by atoms with Crippen molar-refractivity contribution in [3.8, 4) is 5.75 Å². The number of carbonyl (C=O) groups excluding carboxylic acids is 1. The zero-order chi connectivity index (χ0) is 18.1. The van der Waals surface area contributed by atoms with Gasteiger partial charge in [-0.05, 0) is 54.5 Å². The molecule has 1 aromatic heterocycles. The number of methoxy groups -OCH3 is 1. The molecule has 1 saturated heterocycles. The molecule has 2 amide bonds. The molecule has 0 radical (unpaired) electrons. The van der Waals surface area contributed by atoms with Crippen LogP contribution in [0.2, 0.25) is 0 Å². The number of hydrogen-bond donors (Lipinski definition) is 2. The van der Waals surface area contributed by atoms with Gasteiger partial charge < -0.3 is 20.1 Å². The third-order valence-electron chi connectivity index (χ3n) is 5.58. The summed E-state index contributed by atoms with van der Waals surface area (Å²) in [6.07, 6.45) is 4.65. The minimum Gasteiger partial charge on any atom is -0.497 e. The molecule has 1 aromatic carbocycles. The van der Waals surface area contributed by atoms with E-state index in [1.165, 1.54) is 0 Å². The second kappa shape index (κ2) is 6.61. The average molecular weight is 353 g/mol. The zero-order valence-electron chi connectivity index (χ0n) is 14.8. The van der Waals surface area contributed by atoms with Crippen molar-refractivity contribution in [2.45, 2.75) is 18.4 Å². The SMILES string of the molecule is COc1cccc(C2(O)CC3CN(C(=O)Nc4cccnc4)CC3C2)c1. The van der Waals surface area contributed by atoms with E-state index in [2.05, 4.69) is 10.3 Å². The van der Waals surface area contributed by atoms with Crippen molar-refractivity contribution < 1.29 is 14.6 Å². The van der Waals surface area contributed by atoms with Gasteiger partial charge in [0.05, 0.1) is 24.6 Å². The van der Waals surface area contributed by atoms with E-state index in [-0.39, 0.29) is 6.03 Å². The second-order valence-electron chi connectivity index (χ2n) is 7.27.